The van der Waals surface area contributed by atoms with Gasteiger partial charge in [0.05, 0.1) is 0 Å². The van der Waals surface area contributed by atoms with E-state index in [0.717, 1.165) is 34.8 Å². The summed E-state index contributed by atoms with van der Waals surface area (Å²) in [6.45, 7) is 0.671. The third kappa shape index (κ3) is 3.65. The number of nitrogens with two attached hydrogens (primary N) is 2. The van der Waals surface area contributed by atoms with E-state index in [0.29, 0.717) is 6.54 Å². The molecule has 2 rings (SSSR count). The van der Waals surface area contributed by atoms with Gasteiger partial charge in [-0.05, 0) is 11.6 Å². The molecule has 1 aromatic carbocycles. The Morgan fingerprint density at radius 3 is 2.60 bits per heavy atom. The van der Waals surface area contributed by atoms with Crippen molar-refractivity contribution in [3.63, 3.8) is 0 Å². The van der Waals surface area contributed by atoms with E-state index in [4.69, 9.17) is 15.9 Å². The summed E-state index contributed by atoms with van der Waals surface area (Å²) < 4.78 is 5.59. The third-order valence-electron chi connectivity index (χ3n) is 2.85. The van der Waals surface area contributed by atoms with Gasteiger partial charge in [-0.3, -0.25) is 4.79 Å². The SMILES string of the molecule is NCCSCCc1cc(-c2ccccc2)c(C(N)=O)o1. The van der Waals surface area contributed by atoms with Crippen LogP contribution in [0.25, 0.3) is 11.1 Å². The van der Waals surface area contributed by atoms with Gasteiger partial charge in [0.2, 0.25) is 0 Å². The van der Waals surface area contributed by atoms with Gasteiger partial charge in [0.1, 0.15) is 5.76 Å². The zero-order valence-electron chi connectivity index (χ0n) is 11.2. The van der Waals surface area contributed by atoms with Crippen LogP contribution in [-0.2, 0) is 6.42 Å². The molecule has 0 fully saturated rings. The highest BCUT2D eigenvalue weighted by Crippen LogP contribution is 2.27. The van der Waals surface area contributed by atoms with Gasteiger partial charge in [-0.2, -0.15) is 11.8 Å². The van der Waals surface area contributed by atoms with E-state index in [1.54, 1.807) is 11.8 Å². The molecule has 1 heterocycles. The molecular formula is C15H18N2O2S. The molecule has 0 aliphatic rings. The van der Waals surface area contributed by atoms with Crippen molar-refractivity contribution in [2.45, 2.75) is 6.42 Å². The Balaban J connectivity index is 2.19. The highest BCUT2D eigenvalue weighted by molar-refractivity contribution is 7.99. The van der Waals surface area contributed by atoms with Crippen LogP contribution in [0.1, 0.15) is 16.3 Å². The molecule has 1 aromatic heterocycles. The molecule has 4 nitrogen and oxygen atoms in total. The van der Waals surface area contributed by atoms with Crippen molar-refractivity contribution < 1.29 is 9.21 Å². The average Bonchev–Trinajstić information content (AvgIpc) is 2.89. The molecule has 0 saturated heterocycles. The van der Waals surface area contributed by atoms with Gasteiger partial charge in [-0.15, -0.1) is 0 Å². The normalized spacial score (nSPS) is 10.7. The summed E-state index contributed by atoms with van der Waals surface area (Å²) in [5, 5.41) is 0. The molecule has 0 aliphatic heterocycles. The number of hydrogen-bond donors (Lipinski definition) is 2. The predicted molar refractivity (Wildman–Crippen MR) is 82.7 cm³/mol. The maximum Gasteiger partial charge on any atom is 0.285 e. The van der Waals surface area contributed by atoms with Gasteiger partial charge in [0.25, 0.3) is 5.91 Å². The molecular weight excluding hydrogens is 272 g/mol. The average molecular weight is 290 g/mol. The Morgan fingerprint density at radius 1 is 1.20 bits per heavy atom. The molecule has 4 N–H and O–H groups in total. The molecule has 0 bridgehead atoms. The van der Waals surface area contributed by atoms with Gasteiger partial charge < -0.3 is 15.9 Å². The summed E-state index contributed by atoms with van der Waals surface area (Å²) in [7, 11) is 0. The van der Waals surface area contributed by atoms with Crippen LogP contribution >= 0.6 is 11.8 Å². The Bertz CT molecular complexity index is 567. The minimum absolute atomic E-state index is 0.232. The first-order valence-corrected chi connectivity index (χ1v) is 7.63. The highest BCUT2D eigenvalue weighted by atomic mass is 32.2. The van der Waals surface area contributed by atoms with Gasteiger partial charge in [0, 0.05) is 30.0 Å². The summed E-state index contributed by atoms with van der Waals surface area (Å²) in [4.78, 5) is 11.5. The molecule has 0 atom stereocenters. The van der Waals surface area contributed by atoms with Gasteiger partial charge in [-0.25, -0.2) is 0 Å². The number of furan rings is 1. The van der Waals surface area contributed by atoms with E-state index in [-0.39, 0.29) is 5.76 Å². The molecule has 106 valence electrons. The first-order valence-electron chi connectivity index (χ1n) is 6.48. The molecule has 5 heteroatoms. The fraction of sp³-hybridized carbons (Fsp3) is 0.267. The maximum atomic E-state index is 11.5. The molecule has 2 aromatic rings. The van der Waals surface area contributed by atoms with Crippen LogP contribution in [0.15, 0.2) is 40.8 Å². The molecule has 20 heavy (non-hydrogen) atoms. The number of rotatable bonds is 7. The lowest BCUT2D eigenvalue weighted by atomic mass is 10.1. The first kappa shape index (κ1) is 14.7. The lowest BCUT2D eigenvalue weighted by Gasteiger charge is -1.98. The number of amides is 1. The molecule has 0 aliphatic carbocycles. The smallest absolute Gasteiger partial charge is 0.285 e. The maximum absolute atomic E-state index is 11.5. The van der Waals surface area contributed by atoms with Crippen molar-refractivity contribution in [1.29, 1.82) is 0 Å². The fourth-order valence-electron chi connectivity index (χ4n) is 1.94. The van der Waals surface area contributed by atoms with E-state index in [2.05, 4.69) is 0 Å². The van der Waals surface area contributed by atoms with Crippen molar-refractivity contribution in [3.05, 3.63) is 47.9 Å². The fourth-order valence-corrected chi connectivity index (χ4v) is 2.65. The number of benzene rings is 1. The summed E-state index contributed by atoms with van der Waals surface area (Å²) in [5.74, 6) is 2.31. The van der Waals surface area contributed by atoms with E-state index in [9.17, 15) is 4.79 Å². The number of hydrogen-bond acceptors (Lipinski definition) is 4. The Hall–Kier alpha value is -1.72. The van der Waals surface area contributed by atoms with Crippen molar-refractivity contribution in [1.82, 2.24) is 0 Å². The highest BCUT2D eigenvalue weighted by Gasteiger charge is 2.17. The van der Waals surface area contributed by atoms with Crippen LogP contribution in [0.5, 0.6) is 0 Å². The monoisotopic (exact) mass is 290 g/mol. The first-order chi connectivity index (χ1) is 9.72. The lowest BCUT2D eigenvalue weighted by Crippen LogP contribution is -2.10. The van der Waals surface area contributed by atoms with Crippen LogP contribution in [0.2, 0.25) is 0 Å². The number of primary amides is 1. The molecule has 1 amide bonds. The zero-order chi connectivity index (χ0) is 14.4. The molecule has 0 saturated carbocycles. The third-order valence-corrected chi connectivity index (χ3v) is 3.86. The number of thioether (sulfide) groups is 1. The Labute approximate surface area is 122 Å². The molecule has 0 radical (unpaired) electrons. The van der Waals surface area contributed by atoms with Gasteiger partial charge in [0.15, 0.2) is 5.76 Å². The van der Waals surface area contributed by atoms with Crippen molar-refractivity contribution in [3.8, 4) is 11.1 Å². The van der Waals surface area contributed by atoms with Crippen LogP contribution in [0, 0.1) is 0 Å². The summed E-state index contributed by atoms with van der Waals surface area (Å²) in [5.41, 5.74) is 12.5. The van der Waals surface area contributed by atoms with Gasteiger partial charge in [-0.1, -0.05) is 30.3 Å². The zero-order valence-corrected chi connectivity index (χ0v) is 12.0. The number of aryl methyl sites for hydroxylation is 1. The minimum Gasteiger partial charge on any atom is -0.455 e. The minimum atomic E-state index is -0.537. The second-order valence-electron chi connectivity index (χ2n) is 4.34. The number of carbonyl (C=O) groups excluding carboxylic acids is 1. The van der Waals surface area contributed by atoms with E-state index < -0.39 is 5.91 Å². The van der Waals surface area contributed by atoms with Crippen LogP contribution < -0.4 is 11.5 Å². The summed E-state index contributed by atoms with van der Waals surface area (Å²) in [6.07, 6.45) is 0.762. The lowest BCUT2D eigenvalue weighted by molar-refractivity contribution is 0.0973. The van der Waals surface area contributed by atoms with Crippen molar-refractivity contribution in [2.75, 3.05) is 18.1 Å². The Morgan fingerprint density at radius 2 is 1.95 bits per heavy atom. The quantitative estimate of drug-likeness (QED) is 0.766. The van der Waals surface area contributed by atoms with Crippen molar-refractivity contribution in [2.24, 2.45) is 11.5 Å². The summed E-state index contributed by atoms with van der Waals surface area (Å²) in [6, 6.07) is 11.5. The molecule has 0 spiro atoms. The summed E-state index contributed by atoms with van der Waals surface area (Å²) >= 11 is 1.77. The van der Waals surface area contributed by atoms with E-state index in [1.807, 2.05) is 36.4 Å². The predicted octanol–water partition coefficient (Wildman–Crippen LogP) is 2.28. The largest absolute Gasteiger partial charge is 0.455 e. The Kier molecular flexibility index (Phi) is 5.26. The second kappa shape index (κ2) is 7.17. The van der Waals surface area contributed by atoms with E-state index >= 15 is 0 Å². The van der Waals surface area contributed by atoms with Crippen LogP contribution in [0.3, 0.4) is 0 Å². The van der Waals surface area contributed by atoms with Crippen LogP contribution in [0.4, 0.5) is 0 Å². The van der Waals surface area contributed by atoms with Gasteiger partial charge >= 0.3 is 0 Å². The van der Waals surface area contributed by atoms with E-state index in [1.165, 1.54) is 0 Å². The number of carbonyl (C=O) groups is 1. The molecule has 0 unspecified atom stereocenters. The van der Waals surface area contributed by atoms with Crippen LogP contribution in [-0.4, -0.2) is 24.0 Å². The topological polar surface area (TPSA) is 82.2 Å². The van der Waals surface area contributed by atoms with Crippen molar-refractivity contribution >= 4 is 17.7 Å². The standard InChI is InChI=1S/C15H18N2O2S/c16-7-9-20-8-6-12-10-13(14(19-12)15(17)18)11-4-2-1-3-5-11/h1-5,10H,6-9,16H2,(H2,17,18). The second-order valence-corrected chi connectivity index (χ2v) is 5.56.